The standard InChI is InChI=1S/C24H37F3N4O3/c1-4-19(6-5-18(28)11-17-12-21(26)22(27)13-20(17)25)31(15-16(2)3)23(32)14-29-24(33)30-7-9-34-10-8-30/h12-13,16,18-19H,4-11,14-15,28H2,1-3H3,(H,29,33)/t18-,19?/m0/s1. The third-order valence-electron chi connectivity index (χ3n) is 5.93. The number of urea groups is 1. The Hall–Kier alpha value is -2.33. The van der Waals surface area contributed by atoms with Gasteiger partial charge in [-0.15, -0.1) is 0 Å². The maximum atomic E-state index is 14.0. The van der Waals surface area contributed by atoms with Crippen LogP contribution in [0.5, 0.6) is 0 Å². The summed E-state index contributed by atoms with van der Waals surface area (Å²) in [6.07, 6.45) is 1.78. The molecule has 1 heterocycles. The number of hydrogen-bond acceptors (Lipinski definition) is 4. The highest BCUT2D eigenvalue weighted by molar-refractivity contribution is 5.84. The van der Waals surface area contributed by atoms with Gasteiger partial charge in [0, 0.05) is 37.8 Å². The van der Waals surface area contributed by atoms with Crippen LogP contribution in [0.25, 0.3) is 0 Å². The second-order valence-corrected chi connectivity index (χ2v) is 9.16. The maximum Gasteiger partial charge on any atom is 0.317 e. The molecule has 34 heavy (non-hydrogen) atoms. The Kier molecular flexibility index (Phi) is 11.1. The number of carbonyl (C=O) groups excluding carboxylic acids is 2. The number of hydrogen-bond donors (Lipinski definition) is 2. The van der Waals surface area contributed by atoms with E-state index in [9.17, 15) is 22.8 Å². The number of amides is 3. The van der Waals surface area contributed by atoms with Gasteiger partial charge < -0.3 is 25.6 Å². The third-order valence-corrected chi connectivity index (χ3v) is 5.93. The molecule has 0 radical (unpaired) electrons. The van der Waals surface area contributed by atoms with Gasteiger partial charge >= 0.3 is 6.03 Å². The normalized spacial score (nSPS) is 15.8. The lowest BCUT2D eigenvalue weighted by Gasteiger charge is -2.34. The van der Waals surface area contributed by atoms with Crippen molar-refractivity contribution in [1.29, 1.82) is 0 Å². The molecule has 1 aromatic rings. The first-order valence-corrected chi connectivity index (χ1v) is 11.9. The van der Waals surface area contributed by atoms with Crippen molar-refractivity contribution in [1.82, 2.24) is 15.1 Å². The minimum absolute atomic E-state index is 0.0281. The van der Waals surface area contributed by atoms with Gasteiger partial charge in [0.15, 0.2) is 11.6 Å². The molecule has 0 bridgehead atoms. The number of benzene rings is 1. The molecule has 0 spiro atoms. The lowest BCUT2D eigenvalue weighted by atomic mass is 9.97. The lowest BCUT2D eigenvalue weighted by molar-refractivity contribution is -0.133. The molecule has 1 aromatic carbocycles. The molecule has 0 aliphatic carbocycles. The van der Waals surface area contributed by atoms with Crippen molar-refractivity contribution in [3.63, 3.8) is 0 Å². The van der Waals surface area contributed by atoms with Gasteiger partial charge in [0.1, 0.15) is 5.82 Å². The van der Waals surface area contributed by atoms with Crippen LogP contribution in [0.3, 0.4) is 0 Å². The molecule has 1 saturated heterocycles. The molecule has 1 fully saturated rings. The van der Waals surface area contributed by atoms with Gasteiger partial charge in [-0.25, -0.2) is 18.0 Å². The van der Waals surface area contributed by atoms with Gasteiger partial charge in [-0.05, 0) is 43.2 Å². The van der Waals surface area contributed by atoms with E-state index >= 15 is 0 Å². The third kappa shape index (κ3) is 8.47. The predicted octanol–water partition coefficient (Wildman–Crippen LogP) is 3.06. The second-order valence-electron chi connectivity index (χ2n) is 9.16. The fraction of sp³-hybridized carbons (Fsp3) is 0.667. The zero-order valence-corrected chi connectivity index (χ0v) is 20.3. The Balaban J connectivity index is 1.95. The molecule has 10 heteroatoms. The first-order chi connectivity index (χ1) is 16.1. The summed E-state index contributed by atoms with van der Waals surface area (Å²) in [6.45, 7) is 8.35. The Morgan fingerprint density at radius 2 is 1.76 bits per heavy atom. The van der Waals surface area contributed by atoms with E-state index in [4.69, 9.17) is 10.5 Å². The van der Waals surface area contributed by atoms with E-state index < -0.39 is 23.5 Å². The van der Waals surface area contributed by atoms with Crippen LogP contribution in [0.4, 0.5) is 18.0 Å². The summed E-state index contributed by atoms with van der Waals surface area (Å²) >= 11 is 0. The van der Waals surface area contributed by atoms with Gasteiger partial charge in [0.05, 0.1) is 19.8 Å². The summed E-state index contributed by atoms with van der Waals surface area (Å²) < 4.78 is 45.8. The van der Waals surface area contributed by atoms with Gasteiger partial charge in [0.25, 0.3) is 0 Å². The second kappa shape index (κ2) is 13.5. The van der Waals surface area contributed by atoms with Crippen LogP contribution in [0.15, 0.2) is 12.1 Å². The highest BCUT2D eigenvalue weighted by Crippen LogP contribution is 2.19. The van der Waals surface area contributed by atoms with Crippen molar-refractivity contribution in [2.75, 3.05) is 39.4 Å². The lowest BCUT2D eigenvalue weighted by Crippen LogP contribution is -2.51. The maximum absolute atomic E-state index is 14.0. The van der Waals surface area contributed by atoms with E-state index in [-0.39, 0.29) is 42.4 Å². The van der Waals surface area contributed by atoms with Crippen molar-refractivity contribution in [3.05, 3.63) is 35.1 Å². The summed E-state index contributed by atoms with van der Waals surface area (Å²) in [5.41, 5.74) is 6.19. The topological polar surface area (TPSA) is 87.9 Å². The summed E-state index contributed by atoms with van der Waals surface area (Å²) in [7, 11) is 0. The average molecular weight is 487 g/mol. The molecular formula is C24H37F3N4O3. The number of nitrogens with zero attached hydrogens (tertiary/aromatic N) is 2. The average Bonchev–Trinajstić information content (AvgIpc) is 2.80. The highest BCUT2D eigenvalue weighted by Gasteiger charge is 2.25. The van der Waals surface area contributed by atoms with E-state index in [1.165, 1.54) is 0 Å². The molecule has 1 aliphatic heterocycles. The molecule has 3 amide bonds. The summed E-state index contributed by atoms with van der Waals surface area (Å²) in [4.78, 5) is 28.8. The number of carbonyl (C=O) groups is 2. The molecule has 3 N–H and O–H groups in total. The predicted molar refractivity (Wildman–Crippen MR) is 124 cm³/mol. The molecular weight excluding hydrogens is 449 g/mol. The molecule has 192 valence electrons. The SMILES string of the molecule is CCC(CC[C@H](N)Cc1cc(F)c(F)cc1F)N(CC(C)C)C(=O)CNC(=O)N1CCOCC1. The Bertz CT molecular complexity index is 819. The minimum atomic E-state index is -1.23. The molecule has 2 atom stereocenters. The van der Waals surface area contributed by atoms with E-state index in [0.29, 0.717) is 58.2 Å². The first kappa shape index (κ1) is 27.9. The fourth-order valence-electron chi connectivity index (χ4n) is 4.07. The van der Waals surface area contributed by atoms with Gasteiger partial charge in [-0.2, -0.15) is 0 Å². The van der Waals surface area contributed by atoms with Crippen LogP contribution >= 0.6 is 0 Å². The van der Waals surface area contributed by atoms with Crippen LogP contribution in [0.2, 0.25) is 0 Å². The van der Waals surface area contributed by atoms with Crippen LogP contribution in [-0.4, -0.2) is 73.2 Å². The molecule has 7 nitrogen and oxygen atoms in total. The van der Waals surface area contributed by atoms with Gasteiger partial charge in [-0.1, -0.05) is 20.8 Å². The summed E-state index contributed by atoms with van der Waals surface area (Å²) in [5.74, 6) is -3.12. The summed E-state index contributed by atoms with van der Waals surface area (Å²) in [5, 5.41) is 2.71. The molecule has 1 aliphatic rings. The number of morpholine rings is 1. The van der Waals surface area contributed by atoms with Crippen LogP contribution < -0.4 is 11.1 Å². The van der Waals surface area contributed by atoms with Crippen molar-refractivity contribution in [2.24, 2.45) is 11.7 Å². The van der Waals surface area contributed by atoms with Crippen molar-refractivity contribution in [2.45, 2.75) is 58.5 Å². The monoisotopic (exact) mass is 486 g/mol. The van der Waals surface area contributed by atoms with E-state index in [1.807, 2.05) is 20.8 Å². The van der Waals surface area contributed by atoms with Crippen molar-refractivity contribution < 1.29 is 27.5 Å². The Morgan fingerprint density at radius 1 is 1.12 bits per heavy atom. The van der Waals surface area contributed by atoms with Crippen LogP contribution in [0.1, 0.15) is 45.6 Å². The van der Waals surface area contributed by atoms with Gasteiger partial charge in [0.2, 0.25) is 5.91 Å². The Morgan fingerprint density at radius 3 is 2.38 bits per heavy atom. The van der Waals surface area contributed by atoms with Crippen molar-refractivity contribution in [3.8, 4) is 0 Å². The van der Waals surface area contributed by atoms with Crippen LogP contribution in [-0.2, 0) is 16.0 Å². The Labute approximate surface area is 199 Å². The number of nitrogens with two attached hydrogens (primary N) is 1. The summed E-state index contributed by atoms with van der Waals surface area (Å²) in [6, 6.07) is 0.486. The van der Waals surface area contributed by atoms with E-state index in [2.05, 4.69) is 5.32 Å². The van der Waals surface area contributed by atoms with E-state index in [0.717, 1.165) is 6.07 Å². The molecule has 2 rings (SSSR count). The first-order valence-electron chi connectivity index (χ1n) is 11.9. The molecule has 1 unspecified atom stereocenters. The molecule has 0 saturated carbocycles. The number of rotatable bonds is 11. The number of ether oxygens (including phenoxy) is 1. The minimum Gasteiger partial charge on any atom is -0.378 e. The van der Waals surface area contributed by atoms with Crippen LogP contribution in [0, 0.1) is 23.4 Å². The molecule has 0 aromatic heterocycles. The smallest absolute Gasteiger partial charge is 0.317 e. The van der Waals surface area contributed by atoms with Crippen molar-refractivity contribution >= 4 is 11.9 Å². The highest BCUT2D eigenvalue weighted by atomic mass is 19.2. The number of halogens is 3. The zero-order chi connectivity index (χ0) is 25.3. The largest absolute Gasteiger partial charge is 0.378 e. The van der Waals surface area contributed by atoms with E-state index in [1.54, 1.807) is 9.80 Å². The fourth-order valence-corrected chi connectivity index (χ4v) is 4.07. The quantitative estimate of drug-likeness (QED) is 0.471. The zero-order valence-electron chi connectivity index (χ0n) is 20.3. The number of nitrogens with one attached hydrogen (secondary N) is 1. The van der Waals surface area contributed by atoms with Gasteiger partial charge in [-0.3, -0.25) is 4.79 Å².